The summed E-state index contributed by atoms with van der Waals surface area (Å²) in [6, 6.07) is 19.7. The largest absolute Gasteiger partial charge is 0.289 e. The van der Waals surface area contributed by atoms with E-state index >= 15 is 0 Å². The number of fused-ring (bicyclic) bond motifs is 3. The Bertz CT molecular complexity index is 904. The van der Waals surface area contributed by atoms with E-state index < -0.39 is 0 Å². The van der Waals surface area contributed by atoms with Gasteiger partial charge in [-0.3, -0.25) is 4.79 Å². The molecule has 2 heteroatoms. The zero-order valence-corrected chi connectivity index (χ0v) is 12.8. The van der Waals surface area contributed by atoms with Crippen LogP contribution in [0, 0.1) is 6.92 Å². The summed E-state index contributed by atoms with van der Waals surface area (Å²) >= 11 is 6.19. The minimum Gasteiger partial charge on any atom is -0.289 e. The van der Waals surface area contributed by atoms with Crippen LogP contribution in [0.5, 0.6) is 0 Å². The van der Waals surface area contributed by atoms with E-state index in [4.69, 9.17) is 11.6 Å². The fraction of sp³-hybridized carbons (Fsp3) is 0.0500. The minimum absolute atomic E-state index is 0.0961. The molecule has 3 aromatic rings. The lowest BCUT2D eigenvalue weighted by Gasteiger charge is -2.09. The predicted octanol–water partition coefficient (Wildman–Crippen LogP) is 5.53. The van der Waals surface area contributed by atoms with Crippen LogP contribution in [0.1, 0.15) is 21.5 Å². The van der Waals surface area contributed by atoms with Crippen molar-refractivity contribution in [2.24, 2.45) is 0 Å². The van der Waals surface area contributed by atoms with Crippen molar-refractivity contribution in [3.05, 3.63) is 82.4 Å². The van der Waals surface area contributed by atoms with Gasteiger partial charge < -0.3 is 0 Å². The first-order chi connectivity index (χ1) is 10.6. The molecule has 0 unspecified atom stereocenters. The molecule has 0 saturated heterocycles. The number of carbonyl (C=O) groups is 1. The van der Waals surface area contributed by atoms with Gasteiger partial charge >= 0.3 is 0 Å². The first-order valence-electron chi connectivity index (χ1n) is 7.20. The number of benzene rings is 3. The molecule has 0 amide bonds. The van der Waals surface area contributed by atoms with Crippen LogP contribution in [0.25, 0.3) is 22.3 Å². The molecule has 0 aromatic heterocycles. The van der Waals surface area contributed by atoms with Crippen LogP contribution < -0.4 is 0 Å². The maximum absolute atomic E-state index is 12.8. The van der Waals surface area contributed by atoms with Crippen LogP contribution in [0.4, 0.5) is 0 Å². The van der Waals surface area contributed by atoms with Crippen molar-refractivity contribution in [3.63, 3.8) is 0 Å². The summed E-state index contributed by atoms with van der Waals surface area (Å²) in [5.74, 6) is 0.0961. The summed E-state index contributed by atoms with van der Waals surface area (Å²) in [4.78, 5) is 12.8. The van der Waals surface area contributed by atoms with Crippen molar-refractivity contribution in [2.45, 2.75) is 6.92 Å². The zero-order chi connectivity index (χ0) is 15.3. The summed E-state index contributed by atoms with van der Waals surface area (Å²) < 4.78 is 0. The number of rotatable bonds is 1. The van der Waals surface area contributed by atoms with Crippen molar-refractivity contribution >= 4 is 17.4 Å². The fourth-order valence-electron chi connectivity index (χ4n) is 3.20. The van der Waals surface area contributed by atoms with Crippen molar-refractivity contribution in [1.29, 1.82) is 0 Å². The third-order valence-electron chi connectivity index (χ3n) is 4.11. The summed E-state index contributed by atoms with van der Waals surface area (Å²) in [7, 11) is 0. The molecule has 3 aromatic carbocycles. The van der Waals surface area contributed by atoms with Crippen LogP contribution in [-0.2, 0) is 0 Å². The van der Waals surface area contributed by atoms with E-state index in [1.807, 2.05) is 61.5 Å². The minimum atomic E-state index is 0.0961. The highest BCUT2D eigenvalue weighted by Gasteiger charge is 2.28. The molecule has 0 radical (unpaired) electrons. The van der Waals surface area contributed by atoms with E-state index in [1.165, 1.54) is 0 Å². The Morgan fingerprint density at radius 3 is 2.23 bits per heavy atom. The molecule has 0 saturated carbocycles. The van der Waals surface area contributed by atoms with Gasteiger partial charge in [0, 0.05) is 16.1 Å². The third kappa shape index (κ3) is 1.90. The van der Waals surface area contributed by atoms with Crippen molar-refractivity contribution in [3.8, 4) is 22.3 Å². The molecular formula is C20H13ClO. The Morgan fingerprint density at radius 1 is 0.773 bits per heavy atom. The predicted molar refractivity (Wildman–Crippen MR) is 90.5 cm³/mol. The van der Waals surface area contributed by atoms with Crippen LogP contribution in [0.2, 0.25) is 5.02 Å². The SMILES string of the molecule is Cc1cc(Cl)cc(-c2cccc3c2C(=O)c2ccccc2-3)c1. The number of halogens is 1. The van der Waals surface area contributed by atoms with Gasteiger partial charge in [-0.2, -0.15) is 0 Å². The molecule has 4 rings (SSSR count). The number of aryl methyl sites for hydroxylation is 1. The number of hydrogen-bond acceptors (Lipinski definition) is 1. The van der Waals surface area contributed by atoms with E-state index in [0.717, 1.165) is 38.9 Å². The van der Waals surface area contributed by atoms with E-state index in [9.17, 15) is 4.79 Å². The summed E-state index contributed by atoms with van der Waals surface area (Å²) in [6.45, 7) is 2.01. The molecule has 0 aliphatic heterocycles. The lowest BCUT2D eigenvalue weighted by Crippen LogP contribution is -1.98. The molecule has 1 aliphatic rings. The van der Waals surface area contributed by atoms with Gasteiger partial charge in [-0.25, -0.2) is 0 Å². The Labute approximate surface area is 134 Å². The van der Waals surface area contributed by atoms with Gasteiger partial charge in [0.25, 0.3) is 0 Å². The highest BCUT2D eigenvalue weighted by molar-refractivity contribution is 6.31. The second-order valence-corrected chi connectivity index (χ2v) is 6.06. The standard InChI is InChI=1S/C20H13ClO/c1-12-9-13(11-14(21)10-12)15-7-4-8-17-16-5-2-3-6-18(16)20(22)19(15)17/h2-11H,1H3. The van der Waals surface area contributed by atoms with Gasteiger partial charge in [0.1, 0.15) is 0 Å². The Kier molecular flexibility index (Phi) is 2.91. The van der Waals surface area contributed by atoms with E-state index in [0.29, 0.717) is 5.02 Å². The third-order valence-corrected chi connectivity index (χ3v) is 4.32. The summed E-state index contributed by atoms with van der Waals surface area (Å²) in [5, 5.41) is 0.690. The van der Waals surface area contributed by atoms with E-state index in [1.54, 1.807) is 0 Å². The first kappa shape index (κ1) is 13.3. The second-order valence-electron chi connectivity index (χ2n) is 5.62. The molecule has 0 spiro atoms. The maximum Gasteiger partial charge on any atom is 0.194 e. The molecule has 0 fully saturated rings. The van der Waals surface area contributed by atoms with Crippen molar-refractivity contribution in [1.82, 2.24) is 0 Å². The molecule has 1 nitrogen and oxygen atoms in total. The van der Waals surface area contributed by atoms with Crippen molar-refractivity contribution in [2.75, 3.05) is 0 Å². The molecule has 1 aliphatic carbocycles. The van der Waals surface area contributed by atoms with Gasteiger partial charge in [0.05, 0.1) is 0 Å². The smallest absolute Gasteiger partial charge is 0.194 e. The fourth-order valence-corrected chi connectivity index (χ4v) is 3.49. The van der Waals surface area contributed by atoms with E-state index in [2.05, 4.69) is 6.07 Å². The van der Waals surface area contributed by atoms with Crippen LogP contribution in [-0.4, -0.2) is 5.78 Å². The van der Waals surface area contributed by atoms with Gasteiger partial charge in [0.2, 0.25) is 0 Å². The van der Waals surface area contributed by atoms with E-state index in [-0.39, 0.29) is 5.78 Å². The highest BCUT2D eigenvalue weighted by atomic mass is 35.5. The van der Waals surface area contributed by atoms with Crippen LogP contribution in [0.15, 0.2) is 60.7 Å². The molecular weight excluding hydrogens is 292 g/mol. The molecule has 0 bridgehead atoms. The number of hydrogen-bond donors (Lipinski definition) is 0. The van der Waals surface area contributed by atoms with Gasteiger partial charge in [-0.1, -0.05) is 60.1 Å². The Hall–Kier alpha value is -2.38. The van der Waals surface area contributed by atoms with Gasteiger partial charge in [0.15, 0.2) is 5.78 Å². The van der Waals surface area contributed by atoms with Crippen LogP contribution in [0.3, 0.4) is 0 Å². The monoisotopic (exact) mass is 304 g/mol. The Balaban J connectivity index is 2.01. The van der Waals surface area contributed by atoms with Crippen LogP contribution >= 0.6 is 11.6 Å². The number of carbonyl (C=O) groups excluding carboxylic acids is 1. The summed E-state index contributed by atoms with van der Waals surface area (Å²) in [5.41, 5.74) is 6.61. The Morgan fingerprint density at radius 2 is 1.45 bits per heavy atom. The molecule has 0 heterocycles. The van der Waals surface area contributed by atoms with Gasteiger partial charge in [-0.05, 0) is 46.9 Å². The van der Waals surface area contributed by atoms with Crippen molar-refractivity contribution < 1.29 is 4.79 Å². The lowest BCUT2D eigenvalue weighted by atomic mass is 9.94. The summed E-state index contributed by atoms with van der Waals surface area (Å²) in [6.07, 6.45) is 0. The topological polar surface area (TPSA) is 17.1 Å². The number of ketones is 1. The average molecular weight is 305 g/mol. The lowest BCUT2D eigenvalue weighted by molar-refractivity contribution is 0.104. The molecule has 22 heavy (non-hydrogen) atoms. The highest BCUT2D eigenvalue weighted by Crippen LogP contribution is 2.41. The maximum atomic E-state index is 12.8. The average Bonchev–Trinajstić information content (AvgIpc) is 2.80. The molecule has 0 N–H and O–H groups in total. The second kappa shape index (κ2) is 4.82. The molecule has 106 valence electrons. The molecule has 0 atom stereocenters. The quantitative estimate of drug-likeness (QED) is 0.452. The van der Waals surface area contributed by atoms with Gasteiger partial charge in [-0.15, -0.1) is 0 Å². The normalized spacial score (nSPS) is 12.2. The first-order valence-corrected chi connectivity index (χ1v) is 7.57. The zero-order valence-electron chi connectivity index (χ0n) is 12.1.